The zero-order chi connectivity index (χ0) is 19.4. The van der Waals surface area contributed by atoms with Crippen LogP contribution >= 0.6 is 27.7 Å². The number of ether oxygens (including phenoxy) is 1. The lowest BCUT2D eigenvalue weighted by atomic mass is 10.2. The lowest BCUT2D eigenvalue weighted by Gasteiger charge is -2.09. The summed E-state index contributed by atoms with van der Waals surface area (Å²) < 4.78 is 19.4. The van der Waals surface area contributed by atoms with Crippen LogP contribution in [0.1, 0.15) is 11.1 Å². The minimum atomic E-state index is -0.393. The molecule has 0 unspecified atom stereocenters. The Balaban J connectivity index is 1.71. The molecule has 1 fully saturated rings. The van der Waals surface area contributed by atoms with Crippen molar-refractivity contribution in [3.8, 4) is 18.1 Å². The largest absolute Gasteiger partial charge is 0.488 e. The lowest BCUT2D eigenvalue weighted by Crippen LogP contribution is -2.28. The zero-order valence-corrected chi connectivity index (χ0v) is 16.3. The standard InChI is InChI=1S/C20H13BrFNO3S/c1-2-9-23-19(24)18(27-20(23)25)11-14-5-8-17(16(21)10-14)26-12-13-3-6-15(22)7-4-13/h1,3-8,10-11H,9,12H2/b18-11+. The minimum absolute atomic E-state index is 0.0398. The molecular formula is C20H13BrFNO3S. The van der Waals surface area contributed by atoms with E-state index in [9.17, 15) is 14.0 Å². The van der Waals surface area contributed by atoms with Gasteiger partial charge in [-0.2, -0.15) is 0 Å². The van der Waals surface area contributed by atoms with Crippen LogP contribution < -0.4 is 4.74 Å². The second-order valence-electron chi connectivity index (χ2n) is 5.58. The Morgan fingerprint density at radius 1 is 1.22 bits per heavy atom. The molecule has 0 atom stereocenters. The third-order valence-corrected chi connectivity index (χ3v) is 5.21. The van der Waals surface area contributed by atoms with Crippen molar-refractivity contribution in [1.29, 1.82) is 0 Å². The van der Waals surface area contributed by atoms with Crippen LogP contribution in [0.4, 0.5) is 9.18 Å². The van der Waals surface area contributed by atoms with E-state index in [0.29, 0.717) is 21.7 Å². The molecule has 2 aromatic rings. The Hall–Kier alpha value is -2.56. The number of imide groups is 1. The molecule has 1 heterocycles. The summed E-state index contributed by atoms with van der Waals surface area (Å²) >= 11 is 4.30. The van der Waals surface area contributed by atoms with Gasteiger partial charge < -0.3 is 4.74 Å². The highest BCUT2D eigenvalue weighted by Crippen LogP contribution is 2.33. The van der Waals surface area contributed by atoms with Gasteiger partial charge in [0.05, 0.1) is 15.9 Å². The summed E-state index contributed by atoms with van der Waals surface area (Å²) in [7, 11) is 0. The maximum atomic E-state index is 12.9. The van der Waals surface area contributed by atoms with E-state index in [2.05, 4.69) is 21.9 Å². The van der Waals surface area contributed by atoms with Crippen molar-refractivity contribution < 1.29 is 18.7 Å². The number of thioether (sulfide) groups is 1. The van der Waals surface area contributed by atoms with Crippen LogP contribution in [-0.2, 0) is 11.4 Å². The maximum Gasteiger partial charge on any atom is 0.294 e. The third-order valence-electron chi connectivity index (χ3n) is 3.68. The highest BCUT2D eigenvalue weighted by molar-refractivity contribution is 9.10. The second-order valence-corrected chi connectivity index (χ2v) is 7.42. The molecule has 4 nitrogen and oxygen atoms in total. The van der Waals surface area contributed by atoms with Crippen LogP contribution in [0.5, 0.6) is 5.75 Å². The van der Waals surface area contributed by atoms with Gasteiger partial charge in [-0.1, -0.05) is 24.1 Å². The van der Waals surface area contributed by atoms with Gasteiger partial charge in [0.1, 0.15) is 18.2 Å². The summed E-state index contributed by atoms with van der Waals surface area (Å²) in [5.74, 6) is 2.22. The SMILES string of the molecule is C#CCN1C(=O)S/C(=C/c2ccc(OCc3ccc(F)cc3)c(Br)c2)C1=O. The summed E-state index contributed by atoms with van der Waals surface area (Å²) in [4.78, 5) is 25.4. The number of hydrogen-bond acceptors (Lipinski definition) is 4. The number of rotatable bonds is 5. The molecule has 1 aliphatic rings. The predicted octanol–water partition coefficient (Wildman–Crippen LogP) is 4.84. The monoisotopic (exact) mass is 445 g/mol. The molecule has 2 aromatic carbocycles. The Bertz CT molecular complexity index is 966. The molecular weight excluding hydrogens is 433 g/mol. The van der Waals surface area contributed by atoms with Crippen molar-refractivity contribution in [2.75, 3.05) is 6.54 Å². The molecule has 0 saturated carbocycles. The molecule has 2 amide bonds. The Morgan fingerprint density at radius 2 is 1.96 bits per heavy atom. The molecule has 0 bridgehead atoms. The zero-order valence-electron chi connectivity index (χ0n) is 13.9. The van der Waals surface area contributed by atoms with E-state index < -0.39 is 5.91 Å². The number of benzene rings is 2. The van der Waals surface area contributed by atoms with Crippen molar-refractivity contribution in [2.24, 2.45) is 0 Å². The van der Waals surface area contributed by atoms with Gasteiger partial charge in [-0.15, -0.1) is 6.42 Å². The normalized spacial score (nSPS) is 15.3. The van der Waals surface area contributed by atoms with Gasteiger partial charge in [-0.25, -0.2) is 4.39 Å². The Labute approximate surface area is 168 Å². The highest BCUT2D eigenvalue weighted by atomic mass is 79.9. The average molecular weight is 446 g/mol. The molecule has 0 radical (unpaired) electrons. The summed E-state index contributed by atoms with van der Waals surface area (Å²) in [6.45, 7) is 0.255. The molecule has 27 heavy (non-hydrogen) atoms. The van der Waals surface area contributed by atoms with Gasteiger partial charge in [-0.05, 0) is 69.2 Å². The summed E-state index contributed by atoms with van der Waals surface area (Å²) in [5, 5.41) is -0.373. The number of halogens is 2. The first-order valence-electron chi connectivity index (χ1n) is 7.83. The van der Waals surface area contributed by atoms with E-state index in [1.54, 1.807) is 36.4 Å². The maximum absolute atomic E-state index is 12.9. The number of terminal acetylenes is 1. The van der Waals surface area contributed by atoms with Crippen molar-refractivity contribution in [3.63, 3.8) is 0 Å². The molecule has 0 aromatic heterocycles. The molecule has 0 spiro atoms. The smallest absolute Gasteiger partial charge is 0.294 e. The number of amides is 2. The van der Waals surface area contributed by atoms with Crippen LogP contribution in [0, 0.1) is 18.2 Å². The van der Waals surface area contributed by atoms with Gasteiger partial charge in [0.25, 0.3) is 11.1 Å². The van der Waals surface area contributed by atoms with Gasteiger partial charge in [-0.3, -0.25) is 14.5 Å². The summed E-state index contributed by atoms with van der Waals surface area (Å²) in [5.41, 5.74) is 1.58. The minimum Gasteiger partial charge on any atom is -0.488 e. The van der Waals surface area contributed by atoms with Crippen molar-refractivity contribution in [2.45, 2.75) is 6.61 Å². The molecule has 136 valence electrons. The molecule has 3 rings (SSSR count). The van der Waals surface area contributed by atoms with E-state index in [-0.39, 0.29) is 17.6 Å². The number of nitrogens with zero attached hydrogens (tertiary/aromatic N) is 1. The van der Waals surface area contributed by atoms with E-state index in [0.717, 1.165) is 27.8 Å². The van der Waals surface area contributed by atoms with Gasteiger partial charge in [0.15, 0.2) is 0 Å². The fourth-order valence-corrected chi connectivity index (χ4v) is 3.69. The number of carbonyl (C=O) groups is 2. The van der Waals surface area contributed by atoms with Crippen molar-refractivity contribution in [3.05, 3.63) is 68.8 Å². The van der Waals surface area contributed by atoms with E-state index in [1.807, 2.05) is 0 Å². The summed E-state index contributed by atoms with van der Waals surface area (Å²) in [6, 6.07) is 11.4. The predicted molar refractivity (Wildman–Crippen MR) is 106 cm³/mol. The topological polar surface area (TPSA) is 46.6 Å². The second kappa shape index (κ2) is 8.42. The highest BCUT2D eigenvalue weighted by Gasteiger charge is 2.34. The number of carbonyl (C=O) groups excluding carboxylic acids is 2. The van der Waals surface area contributed by atoms with Crippen LogP contribution in [-0.4, -0.2) is 22.6 Å². The van der Waals surface area contributed by atoms with Gasteiger partial charge in [0, 0.05) is 0 Å². The van der Waals surface area contributed by atoms with Crippen LogP contribution in [0.25, 0.3) is 6.08 Å². The first-order chi connectivity index (χ1) is 13.0. The van der Waals surface area contributed by atoms with Gasteiger partial charge in [0.2, 0.25) is 0 Å². The van der Waals surface area contributed by atoms with E-state index in [4.69, 9.17) is 11.2 Å². The quantitative estimate of drug-likeness (QED) is 0.488. The molecule has 1 saturated heterocycles. The van der Waals surface area contributed by atoms with Crippen molar-refractivity contribution >= 4 is 44.9 Å². The summed E-state index contributed by atoms with van der Waals surface area (Å²) in [6.07, 6.45) is 6.82. The van der Waals surface area contributed by atoms with Crippen molar-refractivity contribution in [1.82, 2.24) is 4.90 Å². The van der Waals surface area contributed by atoms with Gasteiger partial charge >= 0.3 is 0 Å². The first kappa shape index (κ1) is 19.2. The first-order valence-corrected chi connectivity index (χ1v) is 9.44. The Morgan fingerprint density at radius 3 is 2.63 bits per heavy atom. The Kier molecular flexibility index (Phi) is 5.99. The van der Waals surface area contributed by atoms with E-state index in [1.165, 1.54) is 12.1 Å². The fourth-order valence-electron chi connectivity index (χ4n) is 2.34. The van der Waals surface area contributed by atoms with Crippen LogP contribution in [0.15, 0.2) is 51.8 Å². The molecule has 1 aliphatic heterocycles. The third kappa shape index (κ3) is 4.59. The average Bonchev–Trinajstić information content (AvgIpc) is 2.90. The molecule has 0 aliphatic carbocycles. The van der Waals surface area contributed by atoms with Crippen LogP contribution in [0.2, 0.25) is 0 Å². The molecule has 7 heteroatoms. The fraction of sp³-hybridized carbons (Fsp3) is 0.100. The van der Waals surface area contributed by atoms with E-state index >= 15 is 0 Å². The number of hydrogen-bond donors (Lipinski definition) is 0. The molecule has 0 N–H and O–H groups in total. The van der Waals surface area contributed by atoms with Crippen LogP contribution in [0.3, 0.4) is 0 Å². The lowest BCUT2D eigenvalue weighted by molar-refractivity contribution is -0.122.